The number of aryl methyl sites for hydroxylation is 1. The van der Waals surface area contributed by atoms with Crippen LogP contribution in [0.15, 0.2) is 18.2 Å². The molecule has 0 saturated heterocycles. The first-order chi connectivity index (χ1) is 11.2. The smallest absolute Gasteiger partial charge is 0.407 e. The van der Waals surface area contributed by atoms with Crippen LogP contribution >= 0.6 is 0 Å². The molecule has 2 rings (SSSR count). The van der Waals surface area contributed by atoms with Gasteiger partial charge in [-0.2, -0.15) is 0 Å². The number of esters is 1. The Labute approximate surface area is 141 Å². The summed E-state index contributed by atoms with van der Waals surface area (Å²) in [5, 5.41) is 3.75. The van der Waals surface area contributed by atoms with E-state index in [2.05, 4.69) is 10.3 Å². The lowest BCUT2D eigenvalue weighted by Crippen LogP contribution is -2.33. The van der Waals surface area contributed by atoms with Crippen LogP contribution in [-0.4, -0.2) is 36.3 Å². The number of benzene rings is 1. The van der Waals surface area contributed by atoms with E-state index in [1.165, 1.54) is 7.11 Å². The summed E-state index contributed by atoms with van der Waals surface area (Å²) in [7, 11) is 1.37. The van der Waals surface area contributed by atoms with Crippen molar-refractivity contribution in [2.75, 3.05) is 13.7 Å². The number of aromatic amines is 1. The third-order valence-corrected chi connectivity index (χ3v) is 3.49. The number of carbonyl (C=O) groups excluding carboxylic acids is 2. The fourth-order valence-corrected chi connectivity index (χ4v) is 2.43. The van der Waals surface area contributed by atoms with Gasteiger partial charge >= 0.3 is 12.1 Å². The molecular weight excluding hydrogens is 308 g/mol. The van der Waals surface area contributed by atoms with E-state index in [4.69, 9.17) is 9.47 Å². The zero-order chi connectivity index (χ0) is 17.9. The van der Waals surface area contributed by atoms with Gasteiger partial charge in [0.2, 0.25) is 0 Å². The van der Waals surface area contributed by atoms with Gasteiger partial charge in [-0.05, 0) is 56.8 Å². The Morgan fingerprint density at radius 3 is 2.54 bits per heavy atom. The lowest BCUT2D eigenvalue weighted by Gasteiger charge is -2.19. The predicted octanol–water partition coefficient (Wildman–Crippen LogP) is 3.33. The molecule has 1 heterocycles. The molecule has 0 aliphatic heterocycles. The first-order valence-corrected chi connectivity index (χ1v) is 7.87. The van der Waals surface area contributed by atoms with E-state index in [0.29, 0.717) is 18.5 Å². The Hall–Kier alpha value is -2.50. The molecule has 0 unspecified atom stereocenters. The molecular formula is C18H24N2O4. The number of methoxy groups -OCH3 is 1. The Morgan fingerprint density at radius 1 is 1.21 bits per heavy atom. The molecule has 6 nitrogen and oxygen atoms in total. The molecule has 1 amide bonds. The number of fused-ring (bicyclic) bond motifs is 1. The second-order valence-corrected chi connectivity index (χ2v) is 6.72. The average molecular weight is 332 g/mol. The van der Waals surface area contributed by atoms with E-state index < -0.39 is 11.7 Å². The van der Waals surface area contributed by atoms with Crippen LogP contribution in [0.1, 0.15) is 42.4 Å². The summed E-state index contributed by atoms with van der Waals surface area (Å²) in [6.45, 7) is 7.81. The number of nitrogens with one attached hydrogen (secondary N) is 2. The number of H-pyrrole nitrogens is 1. The van der Waals surface area contributed by atoms with Crippen LogP contribution < -0.4 is 5.32 Å². The third-order valence-electron chi connectivity index (χ3n) is 3.49. The van der Waals surface area contributed by atoms with E-state index in [9.17, 15) is 9.59 Å². The molecule has 0 spiro atoms. The van der Waals surface area contributed by atoms with E-state index in [-0.39, 0.29) is 5.97 Å². The van der Waals surface area contributed by atoms with Gasteiger partial charge in [-0.1, -0.05) is 0 Å². The maximum Gasteiger partial charge on any atom is 0.407 e. The van der Waals surface area contributed by atoms with Gasteiger partial charge in [0, 0.05) is 24.2 Å². The number of hydrogen-bond donors (Lipinski definition) is 2. The number of ether oxygens (including phenoxy) is 2. The molecule has 0 saturated carbocycles. The van der Waals surface area contributed by atoms with Crippen LogP contribution in [0.4, 0.5) is 4.79 Å². The van der Waals surface area contributed by atoms with Crippen molar-refractivity contribution in [2.45, 2.75) is 39.7 Å². The van der Waals surface area contributed by atoms with E-state index in [1.54, 1.807) is 6.07 Å². The minimum absolute atomic E-state index is 0.350. The summed E-state index contributed by atoms with van der Waals surface area (Å²) in [6.07, 6.45) is 0.211. The molecule has 6 heteroatoms. The van der Waals surface area contributed by atoms with Gasteiger partial charge in [-0.3, -0.25) is 0 Å². The van der Waals surface area contributed by atoms with Crippen LogP contribution in [-0.2, 0) is 15.9 Å². The lowest BCUT2D eigenvalue weighted by molar-refractivity contribution is 0.0527. The van der Waals surface area contributed by atoms with Crippen molar-refractivity contribution in [1.82, 2.24) is 10.3 Å². The number of aromatic nitrogens is 1. The van der Waals surface area contributed by atoms with Gasteiger partial charge in [0.25, 0.3) is 0 Å². The largest absolute Gasteiger partial charge is 0.465 e. The Kier molecular flexibility index (Phi) is 5.17. The van der Waals surface area contributed by atoms with Gasteiger partial charge < -0.3 is 19.8 Å². The zero-order valence-corrected chi connectivity index (χ0v) is 14.8. The monoisotopic (exact) mass is 332 g/mol. The highest BCUT2D eigenvalue weighted by Gasteiger charge is 2.16. The first kappa shape index (κ1) is 17.8. The number of rotatable bonds is 4. The Bertz CT molecular complexity index is 756. The first-order valence-electron chi connectivity index (χ1n) is 7.87. The minimum atomic E-state index is -0.507. The van der Waals surface area contributed by atoms with Crippen molar-refractivity contribution in [3.05, 3.63) is 35.0 Å². The van der Waals surface area contributed by atoms with Crippen LogP contribution in [0.25, 0.3) is 10.9 Å². The van der Waals surface area contributed by atoms with Crippen molar-refractivity contribution in [1.29, 1.82) is 0 Å². The summed E-state index contributed by atoms with van der Waals surface area (Å²) in [5.41, 5.74) is 2.75. The van der Waals surface area contributed by atoms with Crippen molar-refractivity contribution >= 4 is 23.0 Å². The summed E-state index contributed by atoms with van der Waals surface area (Å²) < 4.78 is 9.98. The summed E-state index contributed by atoms with van der Waals surface area (Å²) in [6, 6.07) is 5.75. The van der Waals surface area contributed by atoms with Crippen LogP contribution in [0, 0.1) is 6.92 Å². The fraction of sp³-hybridized carbons (Fsp3) is 0.444. The molecule has 0 radical (unpaired) electrons. The van der Waals surface area contributed by atoms with E-state index >= 15 is 0 Å². The van der Waals surface area contributed by atoms with E-state index in [1.807, 2.05) is 39.8 Å². The fourth-order valence-electron chi connectivity index (χ4n) is 2.43. The quantitative estimate of drug-likeness (QED) is 0.842. The molecule has 2 N–H and O–H groups in total. The lowest BCUT2D eigenvalue weighted by atomic mass is 10.1. The summed E-state index contributed by atoms with van der Waals surface area (Å²) in [5.74, 6) is -0.350. The van der Waals surface area contributed by atoms with Crippen LogP contribution in [0.5, 0.6) is 0 Å². The third kappa shape index (κ3) is 4.50. The SMILES string of the molecule is COC(=O)c1cc2[nH]c(CCNC(=O)OC(C)(C)C)cc2cc1C. The highest BCUT2D eigenvalue weighted by atomic mass is 16.6. The predicted molar refractivity (Wildman–Crippen MR) is 92.3 cm³/mol. The van der Waals surface area contributed by atoms with Crippen molar-refractivity contribution in [3.8, 4) is 0 Å². The number of amides is 1. The second kappa shape index (κ2) is 6.95. The van der Waals surface area contributed by atoms with Gasteiger partial charge in [-0.15, -0.1) is 0 Å². The van der Waals surface area contributed by atoms with Gasteiger partial charge in [0.05, 0.1) is 12.7 Å². The highest BCUT2D eigenvalue weighted by molar-refractivity contribution is 5.96. The highest BCUT2D eigenvalue weighted by Crippen LogP contribution is 2.21. The molecule has 130 valence electrons. The average Bonchev–Trinajstić information content (AvgIpc) is 2.85. The molecule has 0 bridgehead atoms. The van der Waals surface area contributed by atoms with Gasteiger partial charge in [0.15, 0.2) is 0 Å². The molecule has 1 aromatic carbocycles. The van der Waals surface area contributed by atoms with E-state index in [0.717, 1.165) is 22.2 Å². The topological polar surface area (TPSA) is 80.4 Å². The maximum atomic E-state index is 11.7. The van der Waals surface area contributed by atoms with Crippen molar-refractivity contribution in [2.24, 2.45) is 0 Å². The molecule has 0 aliphatic carbocycles. The van der Waals surface area contributed by atoms with Crippen LogP contribution in [0.2, 0.25) is 0 Å². The van der Waals surface area contributed by atoms with Gasteiger partial charge in [0.1, 0.15) is 5.60 Å². The minimum Gasteiger partial charge on any atom is -0.465 e. The molecule has 1 aromatic heterocycles. The Morgan fingerprint density at radius 2 is 1.92 bits per heavy atom. The van der Waals surface area contributed by atoms with Crippen LogP contribution in [0.3, 0.4) is 0 Å². The number of alkyl carbamates (subject to hydrolysis) is 1. The number of hydrogen-bond acceptors (Lipinski definition) is 4. The van der Waals surface area contributed by atoms with Gasteiger partial charge in [-0.25, -0.2) is 9.59 Å². The zero-order valence-electron chi connectivity index (χ0n) is 14.8. The molecule has 24 heavy (non-hydrogen) atoms. The summed E-state index contributed by atoms with van der Waals surface area (Å²) >= 11 is 0. The molecule has 0 fully saturated rings. The molecule has 0 aliphatic rings. The van der Waals surface area contributed by atoms with Crippen molar-refractivity contribution < 1.29 is 19.1 Å². The standard InChI is InChI=1S/C18H24N2O4/c1-11-8-12-9-13(6-7-19-17(22)24-18(2,3)4)20-15(12)10-14(11)16(21)23-5/h8-10,20H,6-7H2,1-5H3,(H,19,22). The number of carbonyl (C=O) groups is 2. The normalized spacial score (nSPS) is 11.4. The maximum absolute atomic E-state index is 11.7. The van der Waals surface area contributed by atoms with Crippen molar-refractivity contribution in [3.63, 3.8) is 0 Å². The summed E-state index contributed by atoms with van der Waals surface area (Å²) in [4.78, 5) is 26.6. The second-order valence-electron chi connectivity index (χ2n) is 6.72. The molecule has 2 aromatic rings. The Balaban J connectivity index is 2.03. The molecule has 0 atom stereocenters.